The van der Waals surface area contributed by atoms with Crippen molar-refractivity contribution < 1.29 is 14.3 Å². The summed E-state index contributed by atoms with van der Waals surface area (Å²) < 4.78 is 12.7. The fourth-order valence-corrected chi connectivity index (χ4v) is 0.913. The van der Waals surface area contributed by atoms with Gasteiger partial charge in [-0.2, -0.15) is 0 Å². The van der Waals surface area contributed by atoms with Crippen LogP contribution in [0.5, 0.6) is 0 Å². The summed E-state index contributed by atoms with van der Waals surface area (Å²) in [6.07, 6.45) is -0.475. The van der Waals surface area contributed by atoms with Crippen LogP contribution in [0.25, 0.3) is 0 Å². The maximum atomic E-state index is 12.7. The van der Waals surface area contributed by atoms with Gasteiger partial charge in [-0.15, -0.1) is 0 Å². The summed E-state index contributed by atoms with van der Waals surface area (Å²) in [6, 6.07) is 3.40. The van der Waals surface area contributed by atoms with E-state index in [0.717, 1.165) is 5.69 Å². The summed E-state index contributed by atoms with van der Waals surface area (Å²) >= 11 is 0. The summed E-state index contributed by atoms with van der Waals surface area (Å²) in [5, 5.41) is 8.30. The van der Waals surface area contributed by atoms with Gasteiger partial charge in [0, 0.05) is 18.3 Å². The zero-order valence-electron chi connectivity index (χ0n) is 7.20. The number of aromatic nitrogens is 1. The standard InChI is InChI=1S/C9H10FNO2/c1-6-2-3-7(5-11-6)4-8(10)9(12)13/h2-3,5,8H,4H2,1H3,(H,12,13). The highest BCUT2D eigenvalue weighted by Crippen LogP contribution is 2.05. The smallest absolute Gasteiger partial charge is 0.338 e. The van der Waals surface area contributed by atoms with E-state index in [1.807, 2.05) is 6.92 Å². The van der Waals surface area contributed by atoms with Crippen LogP contribution in [0.3, 0.4) is 0 Å². The van der Waals surface area contributed by atoms with Crippen molar-refractivity contribution in [3.05, 3.63) is 29.6 Å². The van der Waals surface area contributed by atoms with E-state index in [-0.39, 0.29) is 6.42 Å². The molecular weight excluding hydrogens is 173 g/mol. The van der Waals surface area contributed by atoms with Gasteiger partial charge in [0.05, 0.1) is 0 Å². The first-order valence-electron chi connectivity index (χ1n) is 3.88. The molecule has 1 aromatic heterocycles. The summed E-state index contributed by atoms with van der Waals surface area (Å²) in [6.45, 7) is 1.81. The molecule has 1 N–H and O–H groups in total. The van der Waals surface area contributed by atoms with Gasteiger partial charge in [-0.05, 0) is 18.6 Å². The van der Waals surface area contributed by atoms with E-state index < -0.39 is 12.1 Å². The predicted octanol–water partition coefficient (Wildman–Crippen LogP) is 1.36. The molecule has 0 spiro atoms. The maximum absolute atomic E-state index is 12.7. The van der Waals surface area contributed by atoms with Crippen molar-refractivity contribution in [3.63, 3.8) is 0 Å². The third-order valence-corrected chi connectivity index (χ3v) is 1.66. The molecule has 1 unspecified atom stereocenters. The van der Waals surface area contributed by atoms with Crippen LogP contribution in [-0.4, -0.2) is 22.2 Å². The molecule has 0 aliphatic rings. The maximum Gasteiger partial charge on any atom is 0.338 e. The number of aryl methyl sites for hydroxylation is 1. The lowest BCUT2D eigenvalue weighted by Gasteiger charge is -2.02. The molecule has 1 aromatic rings. The van der Waals surface area contributed by atoms with Crippen LogP contribution < -0.4 is 0 Å². The van der Waals surface area contributed by atoms with Gasteiger partial charge in [0.25, 0.3) is 0 Å². The highest BCUT2D eigenvalue weighted by molar-refractivity contribution is 5.72. The van der Waals surface area contributed by atoms with Crippen LogP contribution >= 0.6 is 0 Å². The number of pyridine rings is 1. The minimum Gasteiger partial charge on any atom is -0.479 e. The van der Waals surface area contributed by atoms with Gasteiger partial charge in [0.1, 0.15) is 0 Å². The topological polar surface area (TPSA) is 50.2 Å². The number of hydrogen-bond acceptors (Lipinski definition) is 2. The minimum atomic E-state index is -1.84. The average Bonchev–Trinajstić information content (AvgIpc) is 2.08. The Morgan fingerprint density at radius 2 is 2.38 bits per heavy atom. The Morgan fingerprint density at radius 3 is 2.85 bits per heavy atom. The fraction of sp³-hybridized carbons (Fsp3) is 0.333. The lowest BCUT2D eigenvalue weighted by atomic mass is 10.1. The van der Waals surface area contributed by atoms with Gasteiger partial charge in [-0.1, -0.05) is 6.07 Å². The average molecular weight is 183 g/mol. The van der Waals surface area contributed by atoms with E-state index in [1.165, 1.54) is 6.20 Å². The molecule has 0 bridgehead atoms. The number of rotatable bonds is 3. The molecule has 0 saturated heterocycles. The highest BCUT2D eigenvalue weighted by Gasteiger charge is 2.15. The zero-order chi connectivity index (χ0) is 9.84. The SMILES string of the molecule is Cc1ccc(CC(F)C(=O)O)cn1. The zero-order valence-corrected chi connectivity index (χ0v) is 7.20. The van der Waals surface area contributed by atoms with Crippen LogP contribution in [0.2, 0.25) is 0 Å². The van der Waals surface area contributed by atoms with Crippen molar-refractivity contribution in [2.24, 2.45) is 0 Å². The largest absolute Gasteiger partial charge is 0.479 e. The van der Waals surface area contributed by atoms with E-state index in [9.17, 15) is 9.18 Å². The molecule has 70 valence electrons. The van der Waals surface area contributed by atoms with E-state index in [4.69, 9.17) is 5.11 Å². The van der Waals surface area contributed by atoms with E-state index in [0.29, 0.717) is 5.56 Å². The van der Waals surface area contributed by atoms with Gasteiger partial charge in [0.15, 0.2) is 0 Å². The Bertz CT molecular complexity index is 297. The molecule has 0 fully saturated rings. The fourth-order valence-electron chi connectivity index (χ4n) is 0.913. The van der Waals surface area contributed by atoms with Crippen molar-refractivity contribution in [3.8, 4) is 0 Å². The quantitative estimate of drug-likeness (QED) is 0.769. The molecular formula is C9H10FNO2. The van der Waals surface area contributed by atoms with Gasteiger partial charge in [0.2, 0.25) is 6.17 Å². The molecule has 0 aromatic carbocycles. The van der Waals surface area contributed by atoms with Crippen LogP contribution in [0, 0.1) is 6.92 Å². The summed E-state index contributed by atoms with van der Waals surface area (Å²) in [5.74, 6) is -1.43. The second kappa shape index (κ2) is 3.98. The second-order valence-electron chi connectivity index (χ2n) is 2.82. The number of alkyl halides is 1. The van der Waals surface area contributed by atoms with Crippen LogP contribution in [0.15, 0.2) is 18.3 Å². The van der Waals surface area contributed by atoms with Crippen LogP contribution in [-0.2, 0) is 11.2 Å². The van der Waals surface area contributed by atoms with E-state index in [2.05, 4.69) is 4.98 Å². The molecule has 4 heteroatoms. The Morgan fingerprint density at radius 1 is 1.69 bits per heavy atom. The molecule has 0 aliphatic carbocycles. The van der Waals surface area contributed by atoms with Crippen molar-refractivity contribution in [1.29, 1.82) is 0 Å². The minimum absolute atomic E-state index is 0.122. The number of aliphatic carboxylic acids is 1. The monoisotopic (exact) mass is 183 g/mol. The lowest BCUT2D eigenvalue weighted by molar-refractivity contribution is -0.142. The lowest BCUT2D eigenvalue weighted by Crippen LogP contribution is -2.17. The Labute approximate surface area is 75.2 Å². The number of carbonyl (C=O) groups is 1. The molecule has 0 aliphatic heterocycles. The highest BCUT2D eigenvalue weighted by atomic mass is 19.1. The third-order valence-electron chi connectivity index (χ3n) is 1.66. The first-order chi connectivity index (χ1) is 6.09. The summed E-state index contributed by atoms with van der Waals surface area (Å²) in [4.78, 5) is 14.1. The second-order valence-corrected chi connectivity index (χ2v) is 2.82. The summed E-state index contributed by atoms with van der Waals surface area (Å²) in [7, 11) is 0. The van der Waals surface area contributed by atoms with Gasteiger partial charge in [-0.3, -0.25) is 4.98 Å². The Balaban J connectivity index is 2.64. The van der Waals surface area contributed by atoms with Crippen molar-refractivity contribution in [2.45, 2.75) is 19.5 Å². The molecule has 3 nitrogen and oxygen atoms in total. The van der Waals surface area contributed by atoms with Crippen molar-refractivity contribution in [1.82, 2.24) is 4.98 Å². The Kier molecular flexibility index (Phi) is 2.95. The van der Waals surface area contributed by atoms with E-state index in [1.54, 1.807) is 12.1 Å². The molecule has 1 atom stereocenters. The predicted molar refractivity (Wildman–Crippen MR) is 45.2 cm³/mol. The molecule has 13 heavy (non-hydrogen) atoms. The number of hydrogen-bond donors (Lipinski definition) is 1. The van der Waals surface area contributed by atoms with Gasteiger partial charge < -0.3 is 5.11 Å². The number of nitrogens with zero attached hydrogens (tertiary/aromatic N) is 1. The summed E-state index contributed by atoms with van der Waals surface area (Å²) in [5.41, 5.74) is 1.43. The van der Waals surface area contributed by atoms with Crippen molar-refractivity contribution in [2.75, 3.05) is 0 Å². The van der Waals surface area contributed by atoms with Gasteiger partial charge in [-0.25, -0.2) is 9.18 Å². The third kappa shape index (κ3) is 2.82. The Hall–Kier alpha value is -1.45. The molecule has 0 saturated carbocycles. The normalized spacial score (nSPS) is 12.5. The number of carboxylic acid groups (broad SMARTS) is 1. The first kappa shape index (κ1) is 9.64. The molecule has 0 radical (unpaired) electrons. The first-order valence-corrected chi connectivity index (χ1v) is 3.88. The van der Waals surface area contributed by atoms with Crippen molar-refractivity contribution >= 4 is 5.97 Å². The molecule has 1 rings (SSSR count). The number of carboxylic acids is 1. The van der Waals surface area contributed by atoms with Crippen LogP contribution in [0.4, 0.5) is 4.39 Å². The molecule has 0 amide bonds. The number of halogens is 1. The van der Waals surface area contributed by atoms with Gasteiger partial charge >= 0.3 is 5.97 Å². The van der Waals surface area contributed by atoms with E-state index >= 15 is 0 Å². The molecule has 1 heterocycles. The van der Waals surface area contributed by atoms with Crippen LogP contribution in [0.1, 0.15) is 11.3 Å².